The average Bonchev–Trinajstić information content (AvgIpc) is 3.24. The first-order chi connectivity index (χ1) is 14.0. The number of likely N-dealkylation sites (tertiary alicyclic amines) is 2. The summed E-state index contributed by atoms with van der Waals surface area (Å²) >= 11 is 0. The van der Waals surface area contributed by atoms with Gasteiger partial charge < -0.3 is 19.6 Å². The monoisotopic (exact) mass is 430 g/mol. The van der Waals surface area contributed by atoms with E-state index in [-0.39, 0.29) is 11.3 Å². The summed E-state index contributed by atoms with van der Waals surface area (Å²) in [5, 5.41) is 7.12. The van der Waals surface area contributed by atoms with Crippen molar-refractivity contribution in [2.45, 2.75) is 25.9 Å². The number of carboxylic acids is 1. The maximum absolute atomic E-state index is 12.8. The maximum Gasteiger partial charge on any atom is 0.490 e. The summed E-state index contributed by atoms with van der Waals surface area (Å²) in [6.45, 7) is 6.79. The summed E-state index contributed by atoms with van der Waals surface area (Å²) in [7, 11) is 3.95. The lowest BCUT2D eigenvalue weighted by atomic mass is 9.77. The first-order valence-corrected chi connectivity index (χ1v) is 9.88. The lowest BCUT2D eigenvalue weighted by molar-refractivity contribution is -0.192. The van der Waals surface area contributed by atoms with Gasteiger partial charge in [0.15, 0.2) is 0 Å². The molecule has 0 bridgehead atoms. The van der Waals surface area contributed by atoms with Crippen molar-refractivity contribution in [1.82, 2.24) is 9.80 Å². The molecule has 6 nitrogen and oxygen atoms in total. The minimum Gasteiger partial charge on any atom is -0.475 e. The molecule has 0 radical (unpaired) electrons. The van der Waals surface area contributed by atoms with Crippen molar-refractivity contribution in [2.24, 2.45) is 11.3 Å². The molecule has 2 fully saturated rings. The number of halogens is 3. The Balaban J connectivity index is 0.000000396. The first-order valence-electron chi connectivity index (χ1n) is 9.88. The molecule has 2 saturated heterocycles. The minimum absolute atomic E-state index is 0.176. The smallest absolute Gasteiger partial charge is 0.475 e. The zero-order valence-electron chi connectivity index (χ0n) is 17.5. The molecule has 2 aliphatic rings. The second-order valence-electron chi connectivity index (χ2n) is 8.04. The van der Waals surface area contributed by atoms with Crippen molar-refractivity contribution in [1.29, 1.82) is 0 Å². The third-order valence-corrected chi connectivity index (χ3v) is 5.87. The fourth-order valence-corrected chi connectivity index (χ4v) is 4.33. The molecule has 1 amide bonds. The Hall–Kier alpha value is -2.13. The molecule has 30 heavy (non-hydrogen) atoms. The predicted molar refractivity (Wildman–Crippen MR) is 105 cm³/mol. The highest BCUT2D eigenvalue weighted by Crippen LogP contribution is 2.43. The van der Waals surface area contributed by atoms with Crippen LogP contribution in [0.5, 0.6) is 0 Å². The van der Waals surface area contributed by atoms with Crippen LogP contribution in [0.25, 0.3) is 0 Å². The molecule has 1 spiro atoms. The molecule has 3 rings (SSSR count). The number of carboxylic acid groups (broad SMARTS) is 1. The molecule has 0 aliphatic carbocycles. The molecule has 1 aromatic carbocycles. The number of aryl methyl sites for hydroxylation is 1. The van der Waals surface area contributed by atoms with Gasteiger partial charge in [0.2, 0.25) is 0 Å². The van der Waals surface area contributed by atoms with Crippen LogP contribution in [0.1, 0.15) is 29.3 Å². The molecular formula is C21H29F3N2O4. The number of carbonyl (C=O) groups excluding carboxylic acids is 1. The molecule has 0 saturated carbocycles. The summed E-state index contributed by atoms with van der Waals surface area (Å²) in [6, 6.07) is 8.07. The van der Waals surface area contributed by atoms with Crippen molar-refractivity contribution in [3.63, 3.8) is 0 Å². The molecule has 1 aromatic rings. The van der Waals surface area contributed by atoms with Gasteiger partial charge in [0, 0.05) is 50.2 Å². The van der Waals surface area contributed by atoms with E-state index in [1.165, 1.54) is 5.56 Å². The van der Waals surface area contributed by atoms with Crippen LogP contribution in [0.3, 0.4) is 0 Å². The zero-order valence-corrected chi connectivity index (χ0v) is 17.5. The first kappa shape index (κ1) is 24.1. The van der Waals surface area contributed by atoms with Gasteiger partial charge in [-0.05, 0) is 37.6 Å². The highest BCUT2D eigenvalue weighted by Gasteiger charge is 2.50. The summed E-state index contributed by atoms with van der Waals surface area (Å²) in [5.74, 6) is -2.06. The number of nitrogens with zero attached hydrogens (tertiary/aromatic N) is 2. The van der Waals surface area contributed by atoms with Gasteiger partial charge in [-0.25, -0.2) is 4.79 Å². The van der Waals surface area contributed by atoms with Gasteiger partial charge in [-0.3, -0.25) is 4.79 Å². The van der Waals surface area contributed by atoms with E-state index in [2.05, 4.69) is 31.0 Å². The lowest BCUT2D eigenvalue weighted by Crippen LogP contribution is -2.38. The van der Waals surface area contributed by atoms with E-state index in [0.717, 1.165) is 51.2 Å². The molecule has 168 valence electrons. The molecule has 2 heterocycles. The van der Waals surface area contributed by atoms with Gasteiger partial charge in [0.1, 0.15) is 0 Å². The van der Waals surface area contributed by atoms with E-state index >= 15 is 0 Å². The molecule has 2 atom stereocenters. The van der Waals surface area contributed by atoms with Crippen LogP contribution in [-0.2, 0) is 16.0 Å². The van der Waals surface area contributed by atoms with E-state index in [9.17, 15) is 18.0 Å². The van der Waals surface area contributed by atoms with Gasteiger partial charge in [-0.1, -0.05) is 19.1 Å². The molecule has 2 aliphatic heterocycles. The third-order valence-electron chi connectivity index (χ3n) is 5.87. The Morgan fingerprint density at radius 1 is 1.23 bits per heavy atom. The number of aliphatic carboxylic acids is 1. The van der Waals surface area contributed by atoms with Gasteiger partial charge in [-0.2, -0.15) is 13.2 Å². The number of ether oxygens (including phenoxy) is 1. The van der Waals surface area contributed by atoms with E-state index in [1.807, 2.05) is 17.0 Å². The number of methoxy groups -OCH3 is 1. The predicted octanol–water partition coefficient (Wildman–Crippen LogP) is 2.92. The molecule has 9 heteroatoms. The Bertz CT molecular complexity index is 739. The standard InChI is InChI=1S/C19H28N2O2.C2HF3O2/c1-4-15-5-7-16(8-6-15)18(22)21-10-9-19(14-21)13-20(2)11-17(19)12-23-3;3-2(4,5)1(6)7/h5-8,17H,4,9-14H2,1-3H3;(H,6,7)/t17-,19+;/m0./s1. The number of rotatable bonds is 4. The quantitative estimate of drug-likeness (QED) is 0.796. The van der Waals surface area contributed by atoms with Crippen molar-refractivity contribution >= 4 is 11.9 Å². The number of alkyl halides is 3. The van der Waals surface area contributed by atoms with Gasteiger partial charge >= 0.3 is 12.1 Å². The lowest BCUT2D eigenvalue weighted by Gasteiger charge is -2.30. The van der Waals surface area contributed by atoms with Crippen LogP contribution < -0.4 is 0 Å². The van der Waals surface area contributed by atoms with Crippen molar-refractivity contribution in [3.8, 4) is 0 Å². The highest BCUT2D eigenvalue weighted by molar-refractivity contribution is 5.94. The second kappa shape index (κ2) is 9.78. The van der Waals surface area contributed by atoms with Gasteiger partial charge in [-0.15, -0.1) is 0 Å². The van der Waals surface area contributed by atoms with E-state index in [0.29, 0.717) is 5.92 Å². The highest BCUT2D eigenvalue weighted by atomic mass is 19.4. The second-order valence-corrected chi connectivity index (χ2v) is 8.04. The SMILES string of the molecule is CCc1ccc(C(=O)N2CC[C@@]3(CN(C)C[C@H]3COC)C2)cc1.O=C(O)C(F)(F)F. The van der Waals surface area contributed by atoms with Gasteiger partial charge in [0.05, 0.1) is 6.61 Å². The zero-order chi connectivity index (χ0) is 22.5. The van der Waals surface area contributed by atoms with Crippen molar-refractivity contribution in [2.75, 3.05) is 46.9 Å². The largest absolute Gasteiger partial charge is 0.490 e. The number of hydrogen-bond donors (Lipinski definition) is 1. The molecule has 0 aromatic heterocycles. The van der Waals surface area contributed by atoms with Crippen LogP contribution >= 0.6 is 0 Å². The maximum atomic E-state index is 12.8. The average molecular weight is 430 g/mol. The minimum atomic E-state index is -5.08. The molecular weight excluding hydrogens is 401 g/mol. The van der Waals surface area contributed by atoms with Crippen LogP contribution in [0, 0.1) is 11.3 Å². The fourth-order valence-electron chi connectivity index (χ4n) is 4.33. The molecule has 0 unspecified atom stereocenters. The Morgan fingerprint density at radius 2 is 1.83 bits per heavy atom. The van der Waals surface area contributed by atoms with Crippen LogP contribution in [0.4, 0.5) is 13.2 Å². The Kier molecular flexibility index (Phi) is 7.87. The van der Waals surface area contributed by atoms with E-state index in [1.54, 1.807) is 7.11 Å². The van der Waals surface area contributed by atoms with Crippen molar-refractivity contribution in [3.05, 3.63) is 35.4 Å². The van der Waals surface area contributed by atoms with Crippen LogP contribution in [0.2, 0.25) is 0 Å². The van der Waals surface area contributed by atoms with E-state index < -0.39 is 12.1 Å². The number of carbonyl (C=O) groups is 2. The fraction of sp³-hybridized carbons (Fsp3) is 0.619. The third kappa shape index (κ3) is 5.72. The topological polar surface area (TPSA) is 70.1 Å². The number of benzene rings is 1. The van der Waals surface area contributed by atoms with Crippen LogP contribution in [0.15, 0.2) is 24.3 Å². The number of amides is 1. The Labute approximate surface area is 174 Å². The normalized spacial score (nSPS) is 24.1. The number of hydrogen-bond acceptors (Lipinski definition) is 4. The van der Waals surface area contributed by atoms with Gasteiger partial charge in [0.25, 0.3) is 5.91 Å². The van der Waals surface area contributed by atoms with E-state index in [4.69, 9.17) is 14.6 Å². The van der Waals surface area contributed by atoms with Crippen molar-refractivity contribution < 1.29 is 32.6 Å². The van der Waals surface area contributed by atoms with Crippen LogP contribution in [-0.4, -0.2) is 79.9 Å². The summed E-state index contributed by atoms with van der Waals surface area (Å²) < 4.78 is 37.2. The summed E-state index contributed by atoms with van der Waals surface area (Å²) in [5.41, 5.74) is 2.30. The summed E-state index contributed by atoms with van der Waals surface area (Å²) in [4.78, 5) is 26.1. The summed E-state index contributed by atoms with van der Waals surface area (Å²) in [6.07, 6.45) is -2.99. The molecule has 1 N–H and O–H groups in total. The Morgan fingerprint density at radius 3 is 2.33 bits per heavy atom.